The van der Waals surface area contributed by atoms with E-state index in [1.165, 1.54) is 0 Å². The molecule has 0 saturated heterocycles. The molecule has 2 aromatic heterocycles. The van der Waals surface area contributed by atoms with E-state index in [0.29, 0.717) is 5.82 Å². The maximum Gasteiger partial charge on any atom is 0.319 e. The molecule has 0 fully saturated rings. The highest BCUT2D eigenvalue weighted by Gasteiger charge is 2.04. The minimum atomic E-state index is 0.103. The SMILES string of the molecule is Nc1nc(-c2ccsc2)no1. The van der Waals surface area contributed by atoms with Crippen molar-refractivity contribution < 1.29 is 4.52 Å². The molecule has 0 unspecified atom stereocenters. The summed E-state index contributed by atoms with van der Waals surface area (Å²) in [4.78, 5) is 3.86. The van der Waals surface area contributed by atoms with E-state index in [0.717, 1.165) is 5.56 Å². The van der Waals surface area contributed by atoms with Gasteiger partial charge < -0.3 is 10.3 Å². The van der Waals surface area contributed by atoms with Crippen molar-refractivity contribution in [1.82, 2.24) is 10.1 Å². The summed E-state index contributed by atoms with van der Waals surface area (Å²) in [5, 5.41) is 7.53. The summed E-state index contributed by atoms with van der Waals surface area (Å²) in [7, 11) is 0. The Morgan fingerprint density at radius 3 is 3.00 bits per heavy atom. The van der Waals surface area contributed by atoms with Crippen LogP contribution in [0.25, 0.3) is 11.4 Å². The number of nitrogen functional groups attached to an aromatic ring is 1. The van der Waals surface area contributed by atoms with Crippen molar-refractivity contribution >= 4 is 17.4 Å². The Morgan fingerprint density at radius 1 is 1.55 bits per heavy atom. The highest BCUT2D eigenvalue weighted by atomic mass is 32.1. The van der Waals surface area contributed by atoms with Crippen molar-refractivity contribution in [3.63, 3.8) is 0 Å². The van der Waals surface area contributed by atoms with E-state index in [2.05, 4.69) is 14.7 Å². The van der Waals surface area contributed by atoms with Crippen molar-refractivity contribution in [2.24, 2.45) is 0 Å². The first-order chi connectivity index (χ1) is 5.36. The predicted octanol–water partition coefficient (Wildman–Crippen LogP) is 1.38. The summed E-state index contributed by atoms with van der Waals surface area (Å²) >= 11 is 1.58. The van der Waals surface area contributed by atoms with Gasteiger partial charge in [-0.1, -0.05) is 5.16 Å². The maximum atomic E-state index is 5.25. The van der Waals surface area contributed by atoms with Crippen molar-refractivity contribution in [2.75, 3.05) is 5.73 Å². The second kappa shape index (κ2) is 2.35. The third kappa shape index (κ3) is 1.10. The molecule has 2 N–H and O–H groups in total. The van der Waals surface area contributed by atoms with Gasteiger partial charge in [0, 0.05) is 10.9 Å². The van der Waals surface area contributed by atoms with Gasteiger partial charge in [-0.25, -0.2) is 0 Å². The number of hydrogen-bond acceptors (Lipinski definition) is 5. The van der Waals surface area contributed by atoms with Gasteiger partial charge in [0.1, 0.15) is 0 Å². The monoisotopic (exact) mass is 167 g/mol. The Bertz CT molecular complexity index is 340. The van der Waals surface area contributed by atoms with Crippen LogP contribution in [0.2, 0.25) is 0 Å². The lowest BCUT2D eigenvalue weighted by Crippen LogP contribution is -1.82. The molecule has 2 heterocycles. The molecule has 0 bridgehead atoms. The zero-order valence-corrected chi connectivity index (χ0v) is 6.34. The second-order valence-electron chi connectivity index (χ2n) is 1.97. The lowest BCUT2D eigenvalue weighted by atomic mass is 10.3. The average Bonchev–Trinajstić information content (AvgIpc) is 2.55. The van der Waals surface area contributed by atoms with Gasteiger partial charge in [0.15, 0.2) is 0 Å². The first-order valence-corrected chi connectivity index (χ1v) is 3.92. The van der Waals surface area contributed by atoms with Crippen molar-refractivity contribution in [3.05, 3.63) is 16.8 Å². The molecule has 4 nitrogen and oxygen atoms in total. The molecule has 0 saturated carbocycles. The summed E-state index contributed by atoms with van der Waals surface area (Å²) in [6.07, 6.45) is 0. The van der Waals surface area contributed by atoms with Crippen LogP contribution in [0.3, 0.4) is 0 Å². The number of nitrogens with zero attached hydrogens (tertiary/aromatic N) is 2. The molecule has 56 valence electrons. The van der Waals surface area contributed by atoms with Crippen LogP contribution < -0.4 is 5.73 Å². The van der Waals surface area contributed by atoms with Crippen molar-refractivity contribution in [3.8, 4) is 11.4 Å². The van der Waals surface area contributed by atoms with Crippen LogP contribution in [-0.4, -0.2) is 10.1 Å². The average molecular weight is 167 g/mol. The fourth-order valence-corrected chi connectivity index (χ4v) is 1.38. The topological polar surface area (TPSA) is 64.9 Å². The van der Waals surface area contributed by atoms with Crippen LogP contribution >= 0.6 is 11.3 Å². The Kier molecular flexibility index (Phi) is 1.36. The molecule has 2 rings (SSSR count). The number of hydrogen-bond donors (Lipinski definition) is 1. The van der Waals surface area contributed by atoms with Gasteiger partial charge in [-0.3, -0.25) is 0 Å². The Hall–Kier alpha value is -1.36. The molecule has 0 aliphatic carbocycles. The number of thiophene rings is 1. The standard InChI is InChI=1S/C6H5N3OS/c7-6-8-5(9-10-6)4-1-2-11-3-4/h1-3H,(H2,7,8,9). The number of rotatable bonds is 1. The summed E-state index contributed by atoms with van der Waals surface area (Å²) in [6, 6.07) is 2.01. The molecule has 0 spiro atoms. The predicted molar refractivity (Wildman–Crippen MR) is 42.0 cm³/mol. The number of aromatic nitrogens is 2. The van der Waals surface area contributed by atoms with Gasteiger partial charge in [-0.2, -0.15) is 16.3 Å². The molecular formula is C6H5N3OS. The summed E-state index contributed by atoms with van der Waals surface area (Å²) in [5.41, 5.74) is 6.19. The van der Waals surface area contributed by atoms with Gasteiger partial charge in [0.2, 0.25) is 5.82 Å². The molecular weight excluding hydrogens is 162 g/mol. The first kappa shape index (κ1) is 6.36. The van der Waals surface area contributed by atoms with Crippen LogP contribution in [-0.2, 0) is 0 Å². The normalized spacial score (nSPS) is 10.2. The quantitative estimate of drug-likeness (QED) is 0.696. The zero-order valence-electron chi connectivity index (χ0n) is 5.52. The minimum absolute atomic E-state index is 0.103. The number of nitrogens with two attached hydrogens (primary N) is 1. The fourth-order valence-electron chi connectivity index (χ4n) is 0.744. The van der Waals surface area contributed by atoms with Gasteiger partial charge in [0.05, 0.1) is 0 Å². The van der Waals surface area contributed by atoms with E-state index in [-0.39, 0.29) is 6.01 Å². The van der Waals surface area contributed by atoms with Crippen LogP contribution in [0.4, 0.5) is 6.01 Å². The molecule has 0 aromatic carbocycles. The molecule has 2 aromatic rings. The van der Waals surface area contributed by atoms with Gasteiger partial charge >= 0.3 is 6.01 Å². The minimum Gasteiger partial charge on any atom is -0.351 e. The molecule has 0 amide bonds. The summed E-state index contributed by atoms with van der Waals surface area (Å²) in [6.45, 7) is 0. The van der Waals surface area contributed by atoms with E-state index in [4.69, 9.17) is 5.73 Å². The zero-order chi connectivity index (χ0) is 7.68. The highest BCUT2D eigenvalue weighted by molar-refractivity contribution is 7.08. The molecule has 0 radical (unpaired) electrons. The maximum absolute atomic E-state index is 5.25. The first-order valence-electron chi connectivity index (χ1n) is 2.98. The largest absolute Gasteiger partial charge is 0.351 e. The molecule has 0 aliphatic rings. The smallest absolute Gasteiger partial charge is 0.319 e. The molecule has 0 aliphatic heterocycles. The Balaban J connectivity index is 2.45. The lowest BCUT2D eigenvalue weighted by molar-refractivity contribution is 0.437. The summed E-state index contributed by atoms with van der Waals surface area (Å²) < 4.78 is 4.61. The Labute approximate surface area is 66.7 Å². The van der Waals surface area contributed by atoms with Crippen LogP contribution in [0, 0.1) is 0 Å². The van der Waals surface area contributed by atoms with E-state index in [1.54, 1.807) is 11.3 Å². The number of anilines is 1. The summed E-state index contributed by atoms with van der Waals surface area (Å²) in [5.74, 6) is 0.545. The van der Waals surface area contributed by atoms with Crippen LogP contribution in [0.15, 0.2) is 21.3 Å². The van der Waals surface area contributed by atoms with E-state index in [1.807, 2.05) is 16.8 Å². The lowest BCUT2D eigenvalue weighted by Gasteiger charge is -1.80. The van der Waals surface area contributed by atoms with E-state index in [9.17, 15) is 0 Å². The van der Waals surface area contributed by atoms with Crippen LogP contribution in [0.1, 0.15) is 0 Å². The van der Waals surface area contributed by atoms with Crippen LogP contribution in [0.5, 0.6) is 0 Å². The second-order valence-corrected chi connectivity index (χ2v) is 2.75. The third-order valence-corrected chi connectivity index (χ3v) is 1.90. The molecule has 5 heteroatoms. The van der Waals surface area contributed by atoms with E-state index >= 15 is 0 Å². The van der Waals surface area contributed by atoms with Gasteiger partial charge in [-0.05, 0) is 11.4 Å². The molecule has 11 heavy (non-hydrogen) atoms. The van der Waals surface area contributed by atoms with E-state index < -0.39 is 0 Å². The fraction of sp³-hybridized carbons (Fsp3) is 0. The Morgan fingerprint density at radius 2 is 2.45 bits per heavy atom. The third-order valence-electron chi connectivity index (χ3n) is 1.22. The van der Waals surface area contributed by atoms with Gasteiger partial charge in [-0.15, -0.1) is 0 Å². The van der Waals surface area contributed by atoms with Crippen molar-refractivity contribution in [2.45, 2.75) is 0 Å². The molecule has 0 atom stereocenters. The highest BCUT2D eigenvalue weighted by Crippen LogP contribution is 2.18. The van der Waals surface area contributed by atoms with Crippen molar-refractivity contribution in [1.29, 1.82) is 0 Å². The van der Waals surface area contributed by atoms with Gasteiger partial charge in [0.25, 0.3) is 0 Å².